The third-order valence-electron chi connectivity index (χ3n) is 4.76. The van der Waals surface area contributed by atoms with E-state index in [1.807, 2.05) is 55.5 Å². The lowest BCUT2D eigenvalue weighted by molar-refractivity contribution is -0.776. The molecule has 5 heteroatoms. The summed E-state index contributed by atoms with van der Waals surface area (Å²) in [7, 11) is 0. The molecule has 134 valence electrons. The van der Waals surface area contributed by atoms with Gasteiger partial charge in [-0.05, 0) is 35.3 Å². The molecule has 0 amide bonds. The number of benzene rings is 3. The van der Waals surface area contributed by atoms with Crippen LogP contribution in [0.25, 0.3) is 16.6 Å². The van der Waals surface area contributed by atoms with Gasteiger partial charge in [-0.1, -0.05) is 52.6 Å². The van der Waals surface area contributed by atoms with Crippen molar-refractivity contribution in [2.45, 2.75) is 13.5 Å². The summed E-state index contributed by atoms with van der Waals surface area (Å²) >= 11 is 5.99. The number of hydrogen-bond donors (Lipinski definition) is 2. The fourth-order valence-electron chi connectivity index (χ4n) is 3.28. The van der Waals surface area contributed by atoms with Crippen LogP contribution in [0.1, 0.15) is 11.1 Å². The lowest BCUT2D eigenvalue weighted by atomic mass is 10.1. The summed E-state index contributed by atoms with van der Waals surface area (Å²) in [6.45, 7) is 2.52. The monoisotopic (exact) mass is 378 g/mol. The van der Waals surface area contributed by atoms with Gasteiger partial charge in [0.25, 0.3) is 0 Å². The van der Waals surface area contributed by atoms with Gasteiger partial charge in [-0.25, -0.2) is 0 Å². The first-order valence-electron chi connectivity index (χ1n) is 8.65. The Balaban J connectivity index is 2.00. The largest absolute Gasteiger partial charge is 0.638 e. The van der Waals surface area contributed by atoms with Gasteiger partial charge in [0.15, 0.2) is 11.9 Å². The molecule has 4 aromatic rings. The van der Waals surface area contributed by atoms with Gasteiger partial charge in [0, 0.05) is 28.8 Å². The Hall–Kier alpha value is -3.11. The van der Waals surface area contributed by atoms with Crippen LogP contribution in [0.15, 0.2) is 72.8 Å². The Morgan fingerprint density at radius 1 is 0.852 bits per heavy atom. The van der Waals surface area contributed by atoms with Gasteiger partial charge in [0.1, 0.15) is 0 Å². The maximum absolute atomic E-state index is 11.1. The van der Waals surface area contributed by atoms with Crippen LogP contribution in [0.4, 0.5) is 0 Å². The smallest absolute Gasteiger partial charge is 0.459 e. The van der Waals surface area contributed by atoms with Gasteiger partial charge in [0.05, 0.1) is 0 Å². The Kier molecular flexibility index (Phi) is 4.42. The maximum Gasteiger partial charge on any atom is 0.638 e. The van der Waals surface area contributed by atoms with E-state index in [1.54, 1.807) is 28.8 Å². The Bertz CT molecular complexity index is 1140. The predicted octanol–water partition coefficient (Wildman–Crippen LogP) is 3.83. The SMILES string of the molecule is Cc1ccccc1C[n+]1c(O)[n+](-c2ccc(Cl)cc2)c(O)c2ccccc21. The van der Waals surface area contributed by atoms with Crippen molar-refractivity contribution in [2.24, 2.45) is 0 Å². The van der Waals surface area contributed by atoms with Crippen molar-refractivity contribution in [3.05, 3.63) is 88.9 Å². The fourth-order valence-corrected chi connectivity index (χ4v) is 3.41. The van der Waals surface area contributed by atoms with Crippen LogP contribution in [0.5, 0.6) is 11.9 Å². The van der Waals surface area contributed by atoms with E-state index in [1.165, 1.54) is 4.57 Å². The minimum Gasteiger partial charge on any atom is -0.459 e. The van der Waals surface area contributed by atoms with Gasteiger partial charge in [0.2, 0.25) is 11.2 Å². The van der Waals surface area contributed by atoms with Crippen molar-refractivity contribution in [2.75, 3.05) is 0 Å². The molecule has 1 aromatic heterocycles. The zero-order valence-corrected chi connectivity index (χ0v) is 15.6. The predicted molar refractivity (Wildman–Crippen MR) is 104 cm³/mol. The second-order valence-electron chi connectivity index (χ2n) is 6.47. The highest BCUT2D eigenvalue weighted by Gasteiger charge is 2.35. The molecule has 27 heavy (non-hydrogen) atoms. The van der Waals surface area contributed by atoms with E-state index in [2.05, 4.69) is 0 Å². The lowest BCUT2D eigenvalue weighted by Gasteiger charge is -2.06. The first-order chi connectivity index (χ1) is 13.1. The van der Waals surface area contributed by atoms with Crippen molar-refractivity contribution >= 4 is 22.5 Å². The number of rotatable bonds is 3. The zero-order valence-electron chi connectivity index (χ0n) is 14.8. The summed E-state index contributed by atoms with van der Waals surface area (Å²) < 4.78 is 3.23. The van der Waals surface area contributed by atoms with Crippen molar-refractivity contribution < 1.29 is 19.3 Å². The summed E-state index contributed by atoms with van der Waals surface area (Å²) in [6, 6.07) is 22.4. The molecule has 4 rings (SSSR count). The summed E-state index contributed by atoms with van der Waals surface area (Å²) in [5.41, 5.74) is 3.61. The van der Waals surface area contributed by atoms with E-state index >= 15 is 0 Å². The van der Waals surface area contributed by atoms with Crippen molar-refractivity contribution in [1.82, 2.24) is 0 Å². The van der Waals surface area contributed by atoms with Crippen LogP contribution in [-0.4, -0.2) is 10.2 Å². The summed E-state index contributed by atoms with van der Waals surface area (Å²) in [6.07, 6.45) is 0. The quantitative estimate of drug-likeness (QED) is 0.532. The minimum atomic E-state index is -0.0585. The molecule has 0 unspecified atom stereocenters. The van der Waals surface area contributed by atoms with E-state index in [0.29, 0.717) is 22.6 Å². The number of para-hydroxylation sites is 1. The van der Waals surface area contributed by atoms with Crippen LogP contribution in [0.3, 0.4) is 0 Å². The fraction of sp³-hybridized carbons (Fsp3) is 0.0909. The van der Waals surface area contributed by atoms with E-state index < -0.39 is 0 Å². The van der Waals surface area contributed by atoms with Crippen LogP contribution >= 0.6 is 11.6 Å². The average Bonchev–Trinajstić information content (AvgIpc) is 2.68. The van der Waals surface area contributed by atoms with Gasteiger partial charge in [-0.2, -0.15) is 0 Å². The van der Waals surface area contributed by atoms with E-state index in [9.17, 15) is 10.2 Å². The van der Waals surface area contributed by atoms with Gasteiger partial charge in [-0.15, -0.1) is 0 Å². The summed E-state index contributed by atoms with van der Waals surface area (Å²) in [5, 5.41) is 23.2. The number of aromatic nitrogens is 2. The molecule has 0 fully saturated rings. The first kappa shape index (κ1) is 17.3. The Morgan fingerprint density at radius 2 is 1.52 bits per heavy atom. The molecule has 0 saturated carbocycles. The zero-order chi connectivity index (χ0) is 19.0. The van der Waals surface area contributed by atoms with Crippen molar-refractivity contribution in [3.8, 4) is 17.6 Å². The molecule has 0 aliphatic carbocycles. The number of aryl methyl sites for hydroxylation is 1. The third-order valence-corrected chi connectivity index (χ3v) is 5.02. The molecule has 0 spiro atoms. The van der Waals surface area contributed by atoms with Crippen LogP contribution in [0, 0.1) is 6.92 Å². The van der Waals surface area contributed by atoms with Crippen molar-refractivity contribution in [3.63, 3.8) is 0 Å². The standard InChI is InChI=1S/C22H17ClN2O2/c1-15-6-2-3-7-16(15)14-24-20-9-5-4-8-19(20)21(26)25(22(24)27)18-12-10-17(23)11-13-18/h2-13H,14H2,1H3/p+2. The molecule has 0 radical (unpaired) electrons. The second-order valence-corrected chi connectivity index (χ2v) is 6.90. The lowest BCUT2D eigenvalue weighted by Crippen LogP contribution is -2.47. The third kappa shape index (κ3) is 3.09. The molecular formula is C22H19ClN2O2+2. The minimum absolute atomic E-state index is 0.0218. The van der Waals surface area contributed by atoms with E-state index in [4.69, 9.17) is 11.6 Å². The molecule has 4 nitrogen and oxygen atoms in total. The molecule has 1 heterocycles. The Labute approximate surface area is 162 Å². The average molecular weight is 379 g/mol. The second kappa shape index (κ2) is 6.89. The Morgan fingerprint density at radius 3 is 2.26 bits per heavy atom. The topological polar surface area (TPSA) is 48.2 Å². The van der Waals surface area contributed by atoms with E-state index in [-0.39, 0.29) is 11.9 Å². The molecule has 3 aromatic carbocycles. The normalized spacial score (nSPS) is 11.0. The molecule has 2 N–H and O–H groups in total. The number of halogens is 1. The number of fused-ring (bicyclic) bond motifs is 1. The van der Waals surface area contributed by atoms with Crippen molar-refractivity contribution in [1.29, 1.82) is 0 Å². The molecule has 0 bridgehead atoms. The van der Waals surface area contributed by atoms with Gasteiger partial charge < -0.3 is 10.2 Å². The highest BCUT2D eigenvalue weighted by atomic mass is 35.5. The highest BCUT2D eigenvalue weighted by molar-refractivity contribution is 6.30. The number of aromatic hydroxyl groups is 2. The van der Waals surface area contributed by atoms with Crippen LogP contribution < -0.4 is 9.13 Å². The van der Waals surface area contributed by atoms with Gasteiger partial charge >= 0.3 is 11.9 Å². The number of hydrogen-bond acceptors (Lipinski definition) is 2. The molecule has 0 saturated heterocycles. The summed E-state index contributed by atoms with van der Waals surface area (Å²) in [5.74, 6) is -0.0218. The van der Waals surface area contributed by atoms with E-state index in [0.717, 1.165) is 16.6 Å². The molecule has 0 aliphatic heterocycles. The van der Waals surface area contributed by atoms with Gasteiger partial charge in [-0.3, -0.25) is 0 Å². The number of nitrogens with zero attached hydrogens (tertiary/aromatic N) is 2. The first-order valence-corrected chi connectivity index (χ1v) is 9.03. The maximum atomic E-state index is 11.1. The molecular weight excluding hydrogens is 360 g/mol. The highest BCUT2D eigenvalue weighted by Crippen LogP contribution is 2.23. The summed E-state index contributed by atoms with van der Waals surface area (Å²) in [4.78, 5) is 0. The molecule has 0 atom stereocenters. The molecule has 0 aliphatic rings. The van der Waals surface area contributed by atoms with Crippen LogP contribution in [0.2, 0.25) is 5.02 Å². The van der Waals surface area contributed by atoms with Crippen LogP contribution in [-0.2, 0) is 6.54 Å².